The van der Waals surface area contributed by atoms with Gasteiger partial charge in [0.15, 0.2) is 0 Å². The quantitative estimate of drug-likeness (QED) is 0.387. The maximum atomic E-state index is 11.9. The Morgan fingerprint density at radius 2 is 1.19 bits per heavy atom. The van der Waals surface area contributed by atoms with E-state index in [4.69, 9.17) is 5.73 Å². The minimum Gasteiger partial charge on any atom is -0.397 e. The number of nitrogens with two attached hydrogens (primary N) is 1. The molecule has 27 heavy (non-hydrogen) atoms. The van der Waals surface area contributed by atoms with E-state index in [1.165, 1.54) is 0 Å². The second kappa shape index (κ2) is 11.7. The fraction of sp³-hybridized carbons (Fsp3) is 0.364. The Morgan fingerprint density at radius 3 is 1.81 bits per heavy atom. The fourth-order valence-corrected chi connectivity index (χ4v) is 2.85. The topological polar surface area (TPSA) is 84.2 Å². The number of nitrogens with one attached hydrogen (secondary N) is 2. The number of rotatable bonds is 11. The summed E-state index contributed by atoms with van der Waals surface area (Å²) in [6.45, 7) is 0. The van der Waals surface area contributed by atoms with Crippen molar-refractivity contribution in [2.45, 2.75) is 51.4 Å². The number of carbonyl (C=O) groups is 2. The number of anilines is 3. The van der Waals surface area contributed by atoms with E-state index >= 15 is 0 Å². The molecule has 0 unspecified atom stereocenters. The van der Waals surface area contributed by atoms with E-state index in [2.05, 4.69) is 10.6 Å². The van der Waals surface area contributed by atoms with Gasteiger partial charge < -0.3 is 16.4 Å². The third-order valence-electron chi connectivity index (χ3n) is 4.35. The standard InChI is InChI=1S/C22H29N3O2/c23-19-14-10-11-15-20(19)25-22(27)17-9-4-2-1-3-8-16-21(26)24-18-12-6-5-7-13-18/h5-7,10-15H,1-4,8-9,16-17,23H2,(H,24,26)(H,25,27). The molecular formula is C22H29N3O2. The maximum absolute atomic E-state index is 11.9. The van der Waals surface area contributed by atoms with Crippen LogP contribution >= 0.6 is 0 Å². The minimum atomic E-state index is 0.00508. The lowest BCUT2D eigenvalue weighted by molar-refractivity contribution is -0.117. The van der Waals surface area contributed by atoms with Crippen molar-refractivity contribution in [2.24, 2.45) is 0 Å². The van der Waals surface area contributed by atoms with Crippen LogP contribution in [0, 0.1) is 0 Å². The Balaban J connectivity index is 1.46. The van der Waals surface area contributed by atoms with Gasteiger partial charge in [0.25, 0.3) is 0 Å². The molecule has 0 aliphatic carbocycles. The summed E-state index contributed by atoms with van der Waals surface area (Å²) in [5, 5.41) is 5.74. The van der Waals surface area contributed by atoms with Crippen LogP contribution in [0.4, 0.5) is 17.1 Å². The zero-order chi connectivity index (χ0) is 19.3. The third-order valence-corrected chi connectivity index (χ3v) is 4.35. The van der Waals surface area contributed by atoms with Crippen molar-refractivity contribution in [1.82, 2.24) is 0 Å². The van der Waals surface area contributed by atoms with Gasteiger partial charge in [-0.2, -0.15) is 0 Å². The van der Waals surface area contributed by atoms with Gasteiger partial charge in [-0.25, -0.2) is 0 Å². The van der Waals surface area contributed by atoms with Gasteiger partial charge in [-0.3, -0.25) is 9.59 Å². The molecule has 0 aromatic heterocycles. The van der Waals surface area contributed by atoms with E-state index in [0.717, 1.165) is 44.2 Å². The average Bonchev–Trinajstić information content (AvgIpc) is 2.66. The molecule has 2 aromatic carbocycles. The lowest BCUT2D eigenvalue weighted by atomic mass is 10.1. The number of hydrogen-bond donors (Lipinski definition) is 3. The molecule has 0 atom stereocenters. The SMILES string of the molecule is Nc1ccccc1NC(=O)CCCCCCCCC(=O)Nc1ccccc1. The monoisotopic (exact) mass is 367 g/mol. The molecular weight excluding hydrogens is 338 g/mol. The van der Waals surface area contributed by atoms with Crippen molar-refractivity contribution in [3.63, 3.8) is 0 Å². The van der Waals surface area contributed by atoms with Crippen LogP contribution in [0.3, 0.4) is 0 Å². The number of benzene rings is 2. The Labute approximate surface area is 161 Å². The van der Waals surface area contributed by atoms with E-state index in [0.29, 0.717) is 24.2 Å². The minimum absolute atomic E-state index is 0.00508. The summed E-state index contributed by atoms with van der Waals surface area (Å²) in [7, 11) is 0. The van der Waals surface area contributed by atoms with Crippen molar-refractivity contribution >= 4 is 28.9 Å². The molecule has 0 aliphatic heterocycles. The summed E-state index contributed by atoms with van der Waals surface area (Å²) >= 11 is 0. The lowest BCUT2D eigenvalue weighted by Crippen LogP contribution is -2.12. The van der Waals surface area contributed by atoms with E-state index in [1.807, 2.05) is 42.5 Å². The molecule has 5 heteroatoms. The van der Waals surface area contributed by atoms with Crippen molar-refractivity contribution in [3.8, 4) is 0 Å². The second-order valence-corrected chi connectivity index (χ2v) is 6.67. The van der Waals surface area contributed by atoms with Crippen LogP contribution in [0.25, 0.3) is 0 Å². The number of para-hydroxylation sites is 3. The summed E-state index contributed by atoms with van der Waals surface area (Å²) < 4.78 is 0. The van der Waals surface area contributed by atoms with E-state index < -0.39 is 0 Å². The first-order valence-corrected chi connectivity index (χ1v) is 9.64. The lowest BCUT2D eigenvalue weighted by Gasteiger charge is -2.07. The number of carbonyl (C=O) groups excluding carboxylic acids is 2. The number of amides is 2. The predicted octanol–water partition coefficient (Wildman–Crippen LogP) is 4.97. The van der Waals surface area contributed by atoms with Gasteiger partial charge in [-0.05, 0) is 37.1 Å². The van der Waals surface area contributed by atoms with Gasteiger partial charge in [-0.1, -0.05) is 56.0 Å². The predicted molar refractivity (Wildman–Crippen MR) is 111 cm³/mol. The van der Waals surface area contributed by atoms with Crippen LogP contribution in [0.1, 0.15) is 51.4 Å². The van der Waals surface area contributed by atoms with Crippen molar-refractivity contribution < 1.29 is 9.59 Å². The highest BCUT2D eigenvalue weighted by Gasteiger charge is 2.05. The van der Waals surface area contributed by atoms with Crippen molar-refractivity contribution in [1.29, 1.82) is 0 Å². The van der Waals surface area contributed by atoms with Gasteiger partial charge in [0, 0.05) is 18.5 Å². The molecule has 0 spiro atoms. The molecule has 5 nitrogen and oxygen atoms in total. The Kier molecular flexibility index (Phi) is 8.90. The second-order valence-electron chi connectivity index (χ2n) is 6.67. The maximum Gasteiger partial charge on any atom is 0.224 e. The largest absolute Gasteiger partial charge is 0.397 e. The fourth-order valence-electron chi connectivity index (χ4n) is 2.85. The van der Waals surface area contributed by atoms with Gasteiger partial charge in [-0.15, -0.1) is 0 Å². The average molecular weight is 367 g/mol. The first kappa shape index (κ1) is 20.5. The molecule has 4 N–H and O–H groups in total. The van der Waals surface area contributed by atoms with E-state index in [1.54, 1.807) is 12.1 Å². The van der Waals surface area contributed by atoms with Crippen molar-refractivity contribution in [3.05, 3.63) is 54.6 Å². The molecule has 0 bridgehead atoms. The Bertz CT molecular complexity index is 717. The van der Waals surface area contributed by atoms with E-state index in [-0.39, 0.29) is 11.8 Å². The van der Waals surface area contributed by atoms with Crippen LogP contribution in [0.15, 0.2) is 54.6 Å². The first-order valence-electron chi connectivity index (χ1n) is 9.64. The van der Waals surface area contributed by atoms with Crippen LogP contribution in [0.2, 0.25) is 0 Å². The van der Waals surface area contributed by atoms with E-state index in [9.17, 15) is 9.59 Å². The van der Waals surface area contributed by atoms with Crippen LogP contribution < -0.4 is 16.4 Å². The number of nitrogen functional groups attached to an aromatic ring is 1. The Hall–Kier alpha value is -2.82. The smallest absolute Gasteiger partial charge is 0.224 e. The Morgan fingerprint density at radius 1 is 0.667 bits per heavy atom. The highest BCUT2D eigenvalue weighted by Crippen LogP contribution is 2.17. The molecule has 2 aromatic rings. The summed E-state index contributed by atoms with van der Waals surface area (Å²) in [4.78, 5) is 23.7. The van der Waals surface area contributed by atoms with Crippen molar-refractivity contribution in [2.75, 3.05) is 16.4 Å². The summed E-state index contributed by atoms with van der Waals surface area (Å²) in [5.74, 6) is 0.0727. The zero-order valence-corrected chi connectivity index (χ0v) is 15.7. The zero-order valence-electron chi connectivity index (χ0n) is 15.7. The molecule has 0 radical (unpaired) electrons. The van der Waals surface area contributed by atoms with Crippen LogP contribution in [-0.2, 0) is 9.59 Å². The normalized spacial score (nSPS) is 10.4. The molecule has 2 amide bonds. The summed E-state index contributed by atoms with van der Waals surface area (Å²) in [6.07, 6.45) is 7.05. The van der Waals surface area contributed by atoms with Gasteiger partial charge in [0.2, 0.25) is 11.8 Å². The summed E-state index contributed by atoms with van der Waals surface area (Å²) in [5.41, 5.74) is 7.92. The summed E-state index contributed by atoms with van der Waals surface area (Å²) in [6, 6.07) is 16.8. The molecule has 0 aliphatic rings. The molecule has 0 fully saturated rings. The highest BCUT2D eigenvalue weighted by atomic mass is 16.2. The van der Waals surface area contributed by atoms with Gasteiger partial charge >= 0.3 is 0 Å². The number of unbranched alkanes of at least 4 members (excludes halogenated alkanes) is 5. The molecule has 0 heterocycles. The molecule has 144 valence electrons. The first-order chi connectivity index (χ1) is 13.1. The van der Waals surface area contributed by atoms with Gasteiger partial charge in [0.1, 0.15) is 0 Å². The molecule has 0 saturated carbocycles. The molecule has 2 rings (SSSR count). The third kappa shape index (κ3) is 8.40. The van der Waals surface area contributed by atoms with Gasteiger partial charge in [0.05, 0.1) is 11.4 Å². The van der Waals surface area contributed by atoms with Crippen LogP contribution in [-0.4, -0.2) is 11.8 Å². The highest BCUT2D eigenvalue weighted by molar-refractivity contribution is 5.93. The molecule has 0 saturated heterocycles. The number of hydrogen-bond acceptors (Lipinski definition) is 3. The van der Waals surface area contributed by atoms with Crippen LogP contribution in [0.5, 0.6) is 0 Å².